The average Bonchev–Trinajstić information content (AvgIpc) is 2.28. The van der Waals surface area contributed by atoms with Gasteiger partial charge in [-0.2, -0.15) is 0 Å². The highest BCUT2D eigenvalue weighted by Gasteiger charge is 2.41. The van der Waals surface area contributed by atoms with Gasteiger partial charge >= 0.3 is 0 Å². The van der Waals surface area contributed by atoms with Crippen LogP contribution in [-0.4, -0.2) is 0 Å². The molecule has 0 spiro atoms. The number of benzene rings is 1. The lowest BCUT2D eigenvalue weighted by Gasteiger charge is -2.48. The normalized spacial score (nSPS) is 33.4. The van der Waals surface area contributed by atoms with Crippen LogP contribution >= 0.6 is 0 Å². The van der Waals surface area contributed by atoms with Crippen LogP contribution in [0.25, 0.3) is 0 Å². The van der Waals surface area contributed by atoms with Gasteiger partial charge in [0.25, 0.3) is 0 Å². The van der Waals surface area contributed by atoms with Gasteiger partial charge in [0, 0.05) is 0 Å². The Kier molecular flexibility index (Phi) is 3.42. The van der Waals surface area contributed by atoms with E-state index in [1.165, 1.54) is 25.0 Å². The van der Waals surface area contributed by atoms with Crippen molar-refractivity contribution in [2.75, 3.05) is 0 Å². The van der Waals surface area contributed by atoms with Gasteiger partial charge in [0.05, 0.1) is 0 Å². The zero-order valence-electron chi connectivity index (χ0n) is 11.1. The molecule has 102 valence electrons. The van der Waals surface area contributed by atoms with Crippen LogP contribution in [-0.2, 0) is 0 Å². The Morgan fingerprint density at radius 1 is 1.05 bits per heavy atom. The summed E-state index contributed by atoms with van der Waals surface area (Å²) in [5, 5.41) is 0. The zero-order valence-corrected chi connectivity index (χ0v) is 11.1. The second-order valence-corrected chi connectivity index (χ2v) is 6.22. The average molecular weight is 262 g/mol. The molecule has 2 aliphatic rings. The van der Waals surface area contributed by atoms with Crippen molar-refractivity contribution in [1.82, 2.24) is 0 Å². The topological polar surface area (TPSA) is 0 Å². The fraction of sp³-hybridized carbons (Fsp3) is 0.529. The van der Waals surface area contributed by atoms with E-state index in [0.717, 1.165) is 42.6 Å². The summed E-state index contributed by atoms with van der Waals surface area (Å²) in [6.07, 6.45) is 8.14. The molecule has 2 heteroatoms. The van der Waals surface area contributed by atoms with Gasteiger partial charge in [-0.1, -0.05) is 12.1 Å². The fourth-order valence-electron chi connectivity index (χ4n) is 3.69. The molecule has 0 saturated heterocycles. The lowest BCUT2D eigenvalue weighted by molar-refractivity contribution is 0.0612. The summed E-state index contributed by atoms with van der Waals surface area (Å²) >= 11 is 0. The molecule has 0 heterocycles. The van der Waals surface area contributed by atoms with E-state index in [9.17, 15) is 8.78 Å². The van der Waals surface area contributed by atoms with Crippen LogP contribution in [0.3, 0.4) is 0 Å². The van der Waals surface area contributed by atoms with Gasteiger partial charge in [-0.05, 0) is 73.5 Å². The smallest absolute Gasteiger partial charge is 0.159 e. The summed E-state index contributed by atoms with van der Waals surface area (Å²) in [4.78, 5) is 0. The highest BCUT2D eigenvalue weighted by Crippen LogP contribution is 2.53. The van der Waals surface area contributed by atoms with Gasteiger partial charge in [-0.3, -0.25) is 0 Å². The maximum absolute atomic E-state index is 13.2. The van der Waals surface area contributed by atoms with Gasteiger partial charge < -0.3 is 0 Å². The van der Waals surface area contributed by atoms with Gasteiger partial charge in [0.15, 0.2) is 11.6 Å². The molecule has 0 aromatic heterocycles. The first-order valence-corrected chi connectivity index (χ1v) is 7.23. The van der Waals surface area contributed by atoms with Crippen LogP contribution in [0.5, 0.6) is 0 Å². The Balaban J connectivity index is 1.50. The molecule has 3 rings (SSSR count). The van der Waals surface area contributed by atoms with E-state index in [1.807, 2.05) is 6.08 Å². The third-order valence-corrected chi connectivity index (χ3v) is 5.03. The highest BCUT2D eigenvalue weighted by molar-refractivity contribution is 5.24. The number of hydrogen-bond acceptors (Lipinski definition) is 0. The summed E-state index contributed by atoms with van der Waals surface area (Å²) in [5.74, 6) is 1.51. The fourth-order valence-corrected chi connectivity index (χ4v) is 3.69. The van der Waals surface area contributed by atoms with Crippen molar-refractivity contribution in [3.05, 3.63) is 48.1 Å². The minimum absolute atomic E-state index is 0.443. The van der Waals surface area contributed by atoms with Gasteiger partial charge in [-0.15, -0.1) is 6.58 Å². The van der Waals surface area contributed by atoms with Gasteiger partial charge in [-0.25, -0.2) is 8.78 Å². The third-order valence-electron chi connectivity index (χ3n) is 5.03. The van der Waals surface area contributed by atoms with Crippen LogP contribution in [0, 0.1) is 29.4 Å². The van der Waals surface area contributed by atoms with Crippen molar-refractivity contribution in [3.63, 3.8) is 0 Å². The largest absolute Gasteiger partial charge is 0.204 e. The summed E-state index contributed by atoms with van der Waals surface area (Å²) in [5.41, 5.74) is 0.970. The summed E-state index contributed by atoms with van der Waals surface area (Å²) < 4.78 is 26.1. The Labute approximate surface area is 113 Å². The van der Waals surface area contributed by atoms with E-state index in [0.29, 0.717) is 5.92 Å². The molecule has 0 nitrogen and oxygen atoms in total. The molecular weight excluding hydrogens is 242 g/mol. The highest BCUT2D eigenvalue weighted by atomic mass is 19.2. The maximum Gasteiger partial charge on any atom is 0.159 e. The second-order valence-electron chi connectivity index (χ2n) is 6.22. The predicted molar refractivity (Wildman–Crippen MR) is 72.9 cm³/mol. The molecule has 1 aromatic carbocycles. The predicted octanol–water partition coefficient (Wildman–Crippen LogP) is 5.06. The second kappa shape index (κ2) is 5.07. The molecular formula is C17H20F2. The molecule has 2 fully saturated rings. The van der Waals surface area contributed by atoms with Crippen molar-refractivity contribution < 1.29 is 8.78 Å². The lowest BCUT2D eigenvalue weighted by Crippen LogP contribution is -2.36. The summed E-state index contributed by atoms with van der Waals surface area (Å²) in [6.45, 7) is 3.79. The molecule has 0 amide bonds. The first-order valence-electron chi connectivity index (χ1n) is 7.23. The molecule has 0 unspecified atom stereocenters. The summed E-state index contributed by atoms with van der Waals surface area (Å²) in [7, 11) is 0. The molecule has 1 aromatic rings. The van der Waals surface area contributed by atoms with Crippen molar-refractivity contribution in [2.45, 2.75) is 38.0 Å². The van der Waals surface area contributed by atoms with Crippen LogP contribution in [0.2, 0.25) is 0 Å². The lowest BCUT2D eigenvalue weighted by atomic mass is 9.57. The number of halogens is 2. The molecule has 19 heavy (non-hydrogen) atoms. The van der Waals surface area contributed by atoms with Crippen molar-refractivity contribution in [1.29, 1.82) is 0 Å². The first-order chi connectivity index (χ1) is 9.17. The van der Waals surface area contributed by atoms with E-state index in [2.05, 4.69) is 6.58 Å². The Hall–Kier alpha value is -1.18. The van der Waals surface area contributed by atoms with Gasteiger partial charge in [0.2, 0.25) is 0 Å². The molecule has 0 aliphatic heterocycles. The van der Waals surface area contributed by atoms with Crippen molar-refractivity contribution >= 4 is 0 Å². The van der Waals surface area contributed by atoms with Crippen LogP contribution in [0.1, 0.15) is 43.6 Å². The molecule has 2 saturated carbocycles. The van der Waals surface area contributed by atoms with E-state index in [-0.39, 0.29) is 0 Å². The Morgan fingerprint density at radius 3 is 2.37 bits per heavy atom. The molecule has 0 atom stereocenters. The van der Waals surface area contributed by atoms with E-state index >= 15 is 0 Å². The molecule has 0 N–H and O–H groups in total. The minimum Gasteiger partial charge on any atom is -0.204 e. The van der Waals surface area contributed by atoms with Crippen LogP contribution in [0.4, 0.5) is 8.78 Å². The zero-order chi connectivity index (χ0) is 13.4. The molecule has 0 bridgehead atoms. The maximum atomic E-state index is 13.2. The Morgan fingerprint density at radius 2 is 1.74 bits per heavy atom. The minimum atomic E-state index is -0.745. The first kappa shape index (κ1) is 12.8. The molecule has 0 radical (unpaired) electrons. The monoisotopic (exact) mass is 262 g/mol. The van der Waals surface area contributed by atoms with E-state index in [4.69, 9.17) is 0 Å². The van der Waals surface area contributed by atoms with Crippen LogP contribution < -0.4 is 0 Å². The van der Waals surface area contributed by atoms with E-state index < -0.39 is 11.6 Å². The number of allylic oxidation sites excluding steroid dienone is 1. The number of rotatable bonds is 4. The standard InChI is InChI=1S/C17H20F2/c1-2-3-11-6-13(7-11)15-8-14(9-15)12-4-5-16(18)17(19)10-12/h2,4-5,10-11,13-15H,1,3,6-9H2. The molecule has 2 aliphatic carbocycles. The quantitative estimate of drug-likeness (QED) is 0.665. The van der Waals surface area contributed by atoms with Gasteiger partial charge in [0.1, 0.15) is 0 Å². The SMILES string of the molecule is C=CCC1CC(C2CC(c3ccc(F)c(F)c3)C2)C1. The number of hydrogen-bond donors (Lipinski definition) is 0. The third kappa shape index (κ3) is 2.45. The van der Waals surface area contributed by atoms with Crippen molar-refractivity contribution in [3.8, 4) is 0 Å². The Bertz CT molecular complexity index is 468. The van der Waals surface area contributed by atoms with E-state index in [1.54, 1.807) is 6.07 Å². The summed E-state index contributed by atoms with van der Waals surface area (Å²) in [6, 6.07) is 4.36. The van der Waals surface area contributed by atoms with Crippen molar-refractivity contribution in [2.24, 2.45) is 17.8 Å². The van der Waals surface area contributed by atoms with Crippen LogP contribution in [0.15, 0.2) is 30.9 Å².